The van der Waals surface area contributed by atoms with Crippen LogP contribution in [0.4, 0.5) is 11.4 Å². The normalized spacial score (nSPS) is 12.7. The first-order valence-corrected chi connectivity index (χ1v) is 6.82. The number of aromatic nitrogens is 1. The van der Waals surface area contributed by atoms with Crippen molar-refractivity contribution < 1.29 is 4.79 Å². The summed E-state index contributed by atoms with van der Waals surface area (Å²) >= 11 is 6.02. The number of carbonyl (C=O) groups is 1. The van der Waals surface area contributed by atoms with Crippen LogP contribution in [0.3, 0.4) is 0 Å². The van der Waals surface area contributed by atoms with Gasteiger partial charge in [0.2, 0.25) is 0 Å². The third-order valence-electron chi connectivity index (χ3n) is 3.43. The van der Waals surface area contributed by atoms with Crippen molar-refractivity contribution in [2.24, 2.45) is 0 Å². The Bertz CT molecular complexity index is 665. The van der Waals surface area contributed by atoms with Crippen molar-refractivity contribution in [2.45, 2.75) is 13.3 Å². The van der Waals surface area contributed by atoms with Gasteiger partial charge >= 0.3 is 0 Å². The molecule has 1 aliphatic rings. The van der Waals surface area contributed by atoms with Crippen molar-refractivity contribution in [3.05, 3.63) is 52.3 Å². The van der Waals surface area contributed by atoms with Gasteiger partial charge in [-0.05, 0) is 42.7 Å². The van der Waals surface area contributed by atoms with Crippen LogP contribution in [-0.4, -0.2) is 17.4 Å². The topological polar surface area (TPSA) is 54.0 Å². The van der Waals surface area contributed by atoms with Gasteiger partial charge in [0, 0.05) is 24.0 Å². The minimum absolute atomic E-state index is 0.181. The van der Waals surface area contributed by atoms with Gasteiger partial charge in [0.05, 0.1) is 5.69 Å². The van der Waals surface area contributed by atoms with Gasteiger partial charge in [-0.1, -0.05) is 17.7 Å². The molecule has 0 fully saturated rings. The van der Waals surface area contributed by atoms with E-state index in [1.54, 1.807) is 6.20 Å². The highest BCUT2D eigenvalue weighted by atomic mass is 35.5. The van der Waals surface area contributed by atoms with Gasteiger partial charge in [0.1, 0.15) is 0 Å². The van der Waals surface area contributed by atoms with Crippen LogP contribution in [0, 0.1) is 6.92 Å². The molecule has 20 heavy (non-hydrogen) atoms. The second-order valence-electron chi connectivity index (χ2n) is 4.80. The monoisotopic (exact) mass is 287 g/mol. The number of benzene rings is 1. The lowest BCUT2D eigenvalue weighted by Crippen LogP contribution is -2.13. The van der Waals surface area contributed by atoms with Crippen LogP contribution in [0.25, 0.3) is 0 Å². The van der Waals surface area contributed by atoms with E-state index in [1.807, 2.05) is 31.2 Å². The lowest BCUT2D eigenvalue weighted by atomic mass is 10.1. The maximum Gasteiger partial charge on any atom is 0.255 e. The van der Waals surface area contributed by atoms with Crippen molar-refractivity contribution in [2.75, 3.05) is 17.2 Å². The molecular formula is C15H14ClN3O. The summed E-state index contributed by atoms with van der Waals surface area (Å²) in [5.41, 5.74) is 4.34. The second-order valence-corrected chi connectivity index (χ2v) is 5.15. The van der Waals surface area contributed by atoms with Crippen molar-refractivity contribution in [1.29, 1.82) is 0 Å². The Morgan fingerprint density at radius 2 is 2.25 bits per heavy atom. The molecule has 0 saturated carbocycles. The van der Waals surface area contributed by atoms with E-state index in [0.29, 0.717) is 16.4 Å². The van der Waals surface area contributed by atoms with Crippen molar-refractivity contribution >= 4 is 28.9 Å². The average molecular weight is 288 g/mol. The van der Waals surface area contributed by atoms with Crippen LogP contribution in [0.15, 0.2) is 30.5 Å². The van der Waals surface area contributed by atoms with Gasteiger partial charge in [-0.3, -0.25) is 4.79 Å². The predicted molar refractivity (Wildman–Crippen MR) is 80.6 cm³/mol. The van der Waals surface area contributed by atoms with E-state index in [-0.39, 0.29) is 5.91 Å². The Hall–Kier alpha value is -2.07. The largest absolute Gasteiger partial charge is 0.384 e. The van der Waals surface area contributed by atoms with Crippen LogP contribution in [0.1, 0.15) is 21.5 Å². The first-order valence-electron chi connectivity index (χ1n) is 6.44. The van der Waals surface area contributed by atoms with E-state index in [1.165, 1.54) is 5.56 Å². The lowest BCUT2D eigenvalue weighted by molar-refractivity contribution is 0.102. The number of hydrogen-bond acceptors (Lipinski definition) is 3. The quantitative estimate of drug-likeness (QED) is 0.834. The zero-order valence-corrected chi connectivity index (χ0v) is 11.8. The van der Waals surface area contributed by atoms with E-state index in [0.717, 1.165) is 24.2 Å². The van der Waals surface area contributed by atoms with Gasteiger partial charge in [0.15, 0.2) is 5.15 Å². The van der Waals surface area contributed by atoms with E-state index < -0.39 is 0 Å². The molecule has 1 aliphatic heterocycles. The molecule has 0 bridgehead atoms. The van der Waals surface area contributed by atoms with E-state index in [4.69, 9.17) is 11.6 Å². The summed E-state index contributed by atoms with van der Waals surface area (Å²) < 4.78 is 0. The van der Waals surface area contributed by atoms with Gasteiger partial charge in [-0.15, -0.1) is 0 Å². The van der Waals surface area contributed by atoms with Gasteiger partial charge in [-0.2, -0.15) is 0 Å². The fourth-order valence-corrected chi connectivity index (χ4v) is 2.55. The summed E-state index contributed by atoms with van der Waals surface area (Å²) in [7, 11) is 0. The molecule has 5 heteroatoms. The fourth-order valence-electron chi connectivity index (χ4n) is 2.29. The van der Waals surface area contributed by atoms with Crippen molar-refractivity contribution in [3.8, 4) is 0 Å². The number of carbonyl (C=O) groups excluding carboxylic acids is 1. The molecule has 2 aromatic rings. The first kappa shape index (κ1) is 12.9. The molecular weight excluding hydrogens is 274 g/mol. The molecule has 1 amide bonds. The molecule has 0 aliphatic carbocycles. The highest BCUT2D eigenvalue weighted by Gasteiger charge is 2.15. The molecule has 4 nitrogen and oxygen atoms in total. The summed E-state index contributed by atoms with van der Waals surface area (Å²) in [4.78, 5) is 16.3. The summed E-state index contributed by atoms with van der Waals surface area (Å²) in [5, 5.41) is 6.39. The van der Waals surface area contributed by atoms with Gasteiger partial charge in [-0.25, -0.2) is 4.98 Å². The summed E-state index contributed by atoms with van der Waals surface area (Å²) in [6.45, 7) is 2.81. The highest BCUT2D eigenvalue weighted by molar-refractivity contribution is 6.32. The SMILES string of the molecule is Cc1ccnc(Cl)c1NC(=O)c1ccc2c(c1)NCC2. The molecule has 0 radical (unpaired) electrons. The van der Waals surface area contributed by atoms with Crippen molar-refractivity contribution in [3.63, 3.8) is 0 Å². The molecule has 2 N–H and O–H groups in total. The summed E-state index contributed by atoms with van der Waals surface area (Å²) in [6, 6.07) is 7.51. The maximum absolute atomic E-state index is 12.3. The molecule has 0 spiro atoms. The first-order chi connectivity index (χ1) is 9.65. The maximum atomic E-state index is 12.3. The Morgan fingerprint density at radius 1 is 1.40 bits per heavy atom. The lowest BCUT2D eigenvalue weighted by Gasteiger charge is -2.10. The number of aryl methyl sites for hydroxylation is 1. The van der Waals surface area contributed by atoms with Gasteiger partial charge in [0.25, 0.3) is 5.91 Å². The van der Waals surface area contributed by atoms with Crippen LogP contribution in [0.5, 0.6) is 0 Å². The number of fused-ring (bicyclic) bond motifs is 1. The Balaban J connectivity index is 1.86. The minimum atomic E-state index is -0.181. The molecule has 1 aromatic carbocycles. The molecule has 0 saturated heterocycles. The number of halogens is 1. The molecule has 3 rings (SSSR count). The van der Waals surface area contributed by atoms with E-state index in [2.05, 4.69) is 15.6 Å². The predicted octanol–water partition coefficient (Wildman–Crippen LogP) is 3.26. The smallest absolute Gasteiger partial charge is 0.255 e. The van der Waals surface area contributed by atoms with Gasteiger partial charge < -0.3 is 10.6 Å². The third kappa shape index (κ3) is 2.34. The summed E-state index contributed by atoms with van der Waals surface area (Å²) in [6.07, 6.45) is 2.62. The zero-order chi connectivity index (χ0) is 14.1. The molecule has 0 unspecified atom stereocenters. The van der Waals surface area contributed by atoms with E-state index >= 15 is 0 Å². The summed E-state index contributed by atoms with van der Waals surface area (Å²) in [5.74, 6) is -0.181. The Labute approximate surface area is 122 Å². The number of nitrogens with zero attached hydrogens (tertiary/aromatic N) is 1. The second kappa shape index (κ2) is 5.13. The number of hydrogen-bond donors (Lipinski definition) is 2. The molecule has 0 atom stereocenters. The number of amides is 1. The average Bonchev–Trinajstić information content (AvgIpc) is 2.90. The standard InChI is InChI=1S/C15H14ClN3O/c1-9-4-6-18-14(16)13(9)19-15(20)11-3-2-10-5-7-17-12(10)8-11/h2-4,6,8,17H,5,7H2,1H3,(H,19,20). The van der Waals surface area contributed by atoms with Crippen molar-refractivity contribution in [1.82, 2.24) is 4.98 Å². The van der Waals surface area contributed by atoms with Crippen LogP contribution in [0.2, 0.25) is 5.15 Å². The zero-order valence-electron chi connectivity index (χ0n) is 11.0. The molecule has 102 valence electrons. The minimum Gasteiger partial charge on any atom is -0.384 e. The molecule has 2 heterocycles. The van der Waals surface area contributed by atoms with E-state index in [9.17, 15) is 4.79 Å². The van der Waals surface area contributed by atoms with Crippen LogP contribution < -0.4 is 10.6 Å². The number of rotatable bonds is 2. The fraction of sp³-hybridized carbons (Fsp3) is 0.200. The van der Waals surface area contributed by atoms with Crippen LogP contribution in [-0.2, 0) is 6.42 Å². The highest BCUT2D eigenvalue weighted by Crippen LogP contribution is 2.26. The van der Waals surface area contributed by atoms with Crippen LogP contribution >= 0.6 is 11.6 Å². The molecule has 1 aromatic heterocycles. The number of anilines is 2. The third-order valence-corrected chi connectivity index (χ3v) is 3.72. The number of pyridine rings is 1. The Kier molecular flexibility index (Phi) is 3.32. The number of nitrogens with one attached hydrogen (secondary N) is 2. The Morgan fingerprint density at radius 3 is 3.05 bits per heavy atom.